The van der Waals surface area contributed by atoms with Gasteiger partial charge in [0.25, 0.3) is 0 Å². The van der Waals surface area contributed by atoms with Crippen LogP contribution in [0.5, 0.6) is 0 Å². The molecule has 2 aromatic carbocycles. The van der Waals surface area contributed by atoms with Crippen LogP contribution in [0.4, 0.5) is 0 Å². The van der Waals surface area contributed by atoms with Crippen molar-refractivity contribution in [3.63, 3.8) is 0 Å². The van der Waals surface area contributed by atoms with Crippen molar-refractivity contribution in [2.24, 2.45) is 0 Å². The summed E-state index contributed by atoms with van der Waals surface area (Å²) in [7, 11) is 0. The summed E-state index contributed by atoms with van der Waals surface area (Å²) in [5.74, 6) is 1.05. The highest BCUT2D eigenvalue weighted by Crippen LogP contribution is 2.38. The predicted octanol–water partition coefficient (Wildman–Crippen LogP) is 4.74. The standard InChI is InChI=1S/C18H16BrNOS/c19-16-9-7-15(8-10-16)18-20(12-13-22-18)17(21)11-6-14-4-2-1-3-5-14/h1-11,18H,12-13H2/b11-6+. The molecule has 112 valence electrons. The maximum absolute atomic E-state index is 12.5. The molecule has 22 heavy (non-hydrogen) atoms. The minimum absolute atomic E-state index is 0.0711. The van der Waals surface area contributed by atoms with Crippen LogP contribution in [0.15, 0.2) is 65.1 Å². The molecule has 0 spiro atoms. The molecule has 1 aliphatic rings. The second-order valence-corrected chi connectivity index (χ2v) is 7.15. The van der Waals surface area contributed by atoms with E-state index >= 15 is 0 Å². The van der Waals surface area contributed by atoms with Gasteiger partial charge in [-0.05, 0) is 29.3 Å². The molecule has 1 fully saturated rings. The zero-order valence-electron chi connectivity index (χ0n) is 12.0. The number of amides is 1. The third-order valence-electron chi connectivity index (χ3n) is 3.55. The van der Waals surface area contributed by atoms with Gasteiger partial charge < -0.3 is 4.90 Å². The van der Waals surface area contributed by atoms with Crippen LogP contribution in [0.2, 0.25) is 0 Å². The van der Waals surface area contributed by atoms with E-state index in [0.717, 1.165) is 22.3 Å². The number of thioether (sulfide) groups is 1. The Labute approximate surface area is 143 Å². The van der Waals surface area contributed by atoms with E-state index in [1.165, 1.54) is 5.56 Å². The van der Waals surface area contributed by atoms with Crippen LogP contribution in [-0.4, -0.2) is 23.1 Å². The first-order valence-electron chi connectivity index (χ1n) is 7.15. The first-order chi connectivity index (χ1) is 10.7. The Balaban J connectivity index is 1.74. The maximum atomic E-state index is 12.5. The minimum atomic E-state index is 0.0711. The van der Waals surface area contributed by atoms with E-state index in [0.29, 0.717) is 0 Å². The van der Waals surface area contributed by atoms with E-state index in [2.05, 4.69) is 28.1 Å². The molecule has 1 aliphatic heterocycles. The summed E-state index contributed by atoms with van der Waals surface area (Å²) in [5, 5.41) is 0.112. The lowest BCUT2D eigenvalue weighted by atomic mass is 10.2. The van der Waals surface area contributed by atoms with Gasteiger partial charge in [0.1, 0.15) is 5.37 Å². The Hall–Kier alpha value is -1.52. The molecule has 1 heterocycles. The van der Waals surface area contributed by atoms with Crippen LogP contribution in [0, 0.1) is 0 Å². The van der Waals surface area contributed by atoms with E-state index in [4.69, 9.17) is 0 Å². The lowest BCUT2D eigenvalue weighted by Gasteiger charge is -2.22. The Bertz CT molecular complexity index is 669. The number of halogens is 1. The number of carbonyl (C=O) groups excluding carboxylic acids is 1. The van der Waals surface area contributed by atoms with Gasteiger partial charge in [-0.3, -0.25) is 4.79 Å². The van der Waals surface area contributed by atoms with Crippen molar-refractivity contribution in [3.05, 3.63) is 76.3 Å². The van der Waals surface area contributed by atoms with Gasteiger partial charge in [-0.2, -0.15) is 0 Å². The van der Waals surface area contributed by atoms with Gasteiger partial charge in [0.05, 0.1) is 0 Å². The zero-order chi connectivity index (χ0) is 15.4. The highest BCUT2D eigenvalue weighted by atomic mass is 79.9. The molecule has 0 saturated carbocycles. The van der Waals surface area contributed by atoms with Crippen LogP contribution in [0.3, 0.4) is 0 Å². The molecule has 0 bridgehead atoms. The van der Waals surface area contributed by atoms with Crippen molar-refractivity contribution in [2.45, 2.75) is 5.37 Å². The molecule has 2 aromatic rings. The van der Waals surface area contributed by atoms with Crippen molar-refractivity contribution in [1.82, 2.24) is 4.90 Å². The fourth-order valence-corrected chi connectivity index (χ4v) is 3.96. The van der Waals surface area contributed by atoms with Crippen molar-refractivity contribution in [1.29, 1.82) is 0 Å². The number of hydrogen-bond donors (Lipinski definition) is 0. The van der Waals surface area contributed by atoms with Crippen molar-refractivity contribution in [2.75, 3.05) is 12.3 Å². The van der Waals surface area contributed by atoms with Crippen molar-refractivity contribution >= 4 is 39.7 Å². The van der Waals surface area contributed by atoms with Crippen LogP contribution >= 0.6 is 27.7 Å². The zero-order valence-corrected chi connectivity index (χ0v) is 14.4. The first-order valence-corrected chi connectivity index (χ1v) is 8.99. The third kappa shape index (κ3) is 3.62. The number of carbonyl (C=O) groups is 1. The molecule has 1 amide bonds. The summed E-state index contributed by atoms with van der Waals surface area (Å²) in [5.41, 5.74) is 2.22. The Morgan fingerprint density at radius 1 is 1.14 bits per heavy atom. The number of rotatable bonds is 3. The molecule has 0 radical (unpaired) electrons. The molecule has 0 N–H and O–H groups in total. The average molecular weight is 374 g/mol. The summed E-state index contributed by atoms with van der Waals surface area (Å²) < 4.78 is 1.06. The largest absolute Gasteiger partial charge is 0.322 e. The molecule has 3 rings (SSSR count). The van der Waals surface area contributed by atoms with Crippen LogP contribution in [-0.2, 0) is 4.79 Å². The molecule has 4 heteroatoms. The van der Waals surface area contributed by atoms with Gasteiger partial charge >= 0.3 is 0 Å². The monoisotopic (exact) mass is 373 g/mol. The number of benzene rings is 2. The summed E-state index contributed by atoms with van der Waals surface area (Å²) in [6.45, 7) is 0.795. The Morgan fingerprint density at radius 3 is 2.59 bits per heavy atom. The molecular formula is C18H16BrNOS. The van der Waals surface area contributed by atoms with Crippen molar-refractivity contribution in [3.8, 4) is 0 Å². The number of hydrogen-bond acceptors (Lipinski definition) is 2. The SMILES string of the molecule is O=C(/C=C/c1ccccc1)N1CCSC1c1ccc(Br)cc1. The van der Waals surface area contributed by atoms with Gasteiger partial charge in [0, 0.05) is 22.8 Å². The summed E-state index contributed by atoms with van der Waals surface area (Å²) in [4.78, 5) is 14.4. The summed E-state index contributed by atoms with van der Waals surface area (Å²) in [6.07, 6.45) is 3.55. The maximum Gasteiger partial charge on any atom is 0.247 e. The second kappa shape index (κ2) is 7.16. The van der Waals surface area contributed by atoms with E-state index in [1.807, 2.05) is 65.2 Å². The second-order valence-electron chi connectivity index (χ2n) is 5.05. The quantitative estimate of drug-likeness (QED) is 0.724. The fourth-order valence-electron chi connectivity index (χ4n) is 2.43. The summed E-state index contributed by atoms with van der Waals surface area (Å²) in [6, 6.07) is 18.1. The smallest absolute Gasteiger partial charge is 0.247 e. The topological polar surface area (TPSA) is 20.3 Å². The highest BCUT2D eigenvalue weighted by molar-refractivity contribution is 9.10. The molecule has 2 nitrogen and oxygen atoms in total. The van der Waals surface area contributed by atoms with E-state index in [9.17, 15) is 4.79 Å². The van der Waals surface area contributed by atoms with Crippen LogP contribution in [0.1, 0.15) is 16.5 Å². The van der Waals surface area contributed by atoms with Crippen molar-refractivity contribution < 1.29 is 4.79 Å². The lowest BCUT2D eigenvalue weighted by Crippen LogP contribution is -2.28. The number of nitrogens with zero attached hydrogens (tertiary/aromatic N) is 1. The predicted molar refractivity (Wildman–Crippen MR) is 96.5 cm³/mol. The minimum Gasteiger partial charge on any atom is -0.322 e. The normalized spacial score (nSPS) is 18.0. The van der Waals surface area contributed by atoms with Gasteiger partial charge in [0.15, 0.2) is 0 Å². The highest BCUT2D eigenvalue weighted by Gasteiger charge is 2.29. The molecule has 1 unspecified atom stereocenters. The van der Waals surface area contributed by atoms with Gasteiger partial charge in [-0.25, -0.2) is 0 Å². The summed E-state index contributed by atoms with van der Waals surface area (Å²) >= 11 is 5.27. The molecule has 0 aliphatic carbocycles. The lowest BCUT2D eigenvalue weighted by molar-refractivity contribution is -0.126. The van der Waals surface area contributed by atoms with E-state index < -0.39 is 0 Å². The third-order valence-corrected chi connectivity index (χ3v) is 5.34. The van der Waals surface area contributed by atoms with Crippen LogP contribution < -0.4 is 0 Å². The van der Waals surface area contributed by atoms with E-state index in [1.54, 1.807) is 6.08 Å². The van der Waals surface area contributed by atoms with Gasteiger partial charge in [0.2, 0.25) is 5.91 Å². The molecule has 1 atom stereocenters. The fraction of sp³-hybridized carbons (Fsp3) is 0.167. The molecule has 0 aromatic heterocycles. The Morgan fingerprint density at radius 2 is 1.86 bits per heavy atom. The molecular weight excluding hydrogens is 358 g/mol. The van der Waals surface area contributed by atoms with E-state index in [-0.39, 0.29) is 11.3 Å². The van der Waals surface area contributed by atoms with Gasteiger partial charge in [-0.15, -0.1) is 11.8 Å². The van der Waals surface area contributed by atoms with Gasteiger partial charge in [-0.1, -0.05) is 58.4 Å². The Kier molecular flexibility index (Phi) is 5.01. The molecule has 1 saturated heterocycles. The average Bonchev–Trinajstić information content (AvgIpc) is 3.04. The van der Waals surface area contributed by atoms with Crippen LogP contribution in [0.25, 0.3) is 6.08 Å². The first kappa shape index (κ1) is 15.4.